The van der Waals surface area contributed by atoms with Gasteiger partial charge in [0, 0.05) is 5.56 Å². The largest absolute Gasteiger partial charge is 0.481 e. The Morgan fingerprint density at radius 1 is 1.62 bits per heavy atom. The van der Waals surface area contributed by atoms with Crippen LogP contribution in [0.5, 0.6) is 0 Å². The van der Waals surface area contributed by atoms with Crippen LogP contribution in [0, 0.1) is 13.8 Å². The molecule has 0 aliphatic carbocycles. The lowest BCUT2D eigenvalue weighted by atomic mass is 10.1. The van der Waals surface area contributed by atoms with Crippen molar-refractivity contribution >= 4 is 5.97 Å². The number of carboxylic acids is 1. The fourth-order valence-corrected chi connectivity index (χ4v) is 1.23. The van der Waals surface area contributed by atoms with Crippen LogP contribution in [0.2, 0.25) is 0 Å². The Hall–Kier alpha value is -1.36. The average Bonchev–Trinajstić information content (AvgIpc) is 2.29. The lowest BCUT2D eigenvalue weighted by Crippen LogP contribution is -2.06. The second-order valence-corrected chi connectivity index (χ2v) is 2.85. The third-order valence-electron chi connectivity index (χ3n) is 1.79. The van der Waals surface area contributed by atoms with Crippen molar-refractivity contribution < 1.29 is 19.5 Å². The van der Waals surface area contributed by atoms with Crippen molar-refractivity contribution in [3.63, 3.8) is 0 Å². The minimum Gasteiger partial charge on any atom is -0.481 e. The molecule has 0 aliphatic heterocycles. The van der Waals surface area contributed by atoms with E-state index in [2.05, 4.69) is 5.16 Å². The van der Waals surface area contributed by atoms with Gasteiger partial charge in [-0.15, -0.1) is 0 Å². The summed E-state index contributed by atoms with van der Waals surface area (Å²) in [5.74, 6) is -0.584. The molecule has 1 heterocycles. The van der Waals surface area contributed by atoms with Gasteiger partial charge in [0.05, 0.1) is 18.2 Å². The van der Waals surface area contributed by atoms with E-state index in [9.17, 15) is 9.90 Å². The SMILES string of the molecule is Cc1noc(C)c1C(O)CC(=O)O. The normalized spacial score (nSPS) is 12.8. The Balaban J connectivity index is 2.87. The first-order valence-electron chi connectivity index (χ1n) is 3.85. The molecule has 0 fully saturated rings. The van der Waals surface area contributed by atoms with Crippen LogP contribution in [-0.2, 0) is 4.79 Å². The van der Waals surface area contributed by atoms with E-state index in [0.29, 0.717) is 17.0 Å². The lowest BCUT2D eigenvalue weighted by Gasteiger charge is -2.05. The first kappa shape index (κ1) is 9.73. The molecule has 0 radical (unpaired) electrons. The second kappa shape index (κ2) is 3.57. The van der Waals surface area contributed by atoms with Gasteiger partial charge in [0.1, 0.15) is 5.76 Å². The van der Waals surface area contributed by atoms with Gasteiger partial charge >= 0.3 is 5.97 Å². The standard InChI is InChI=1S/C8H11NO4/c1-4-8(5(2)13-9-4)6(10)3-7(11)12/h6,10H,3H2,1-2H3,(H,11,12). The van der Waals surface area contributed by atoms with Crippen LogP contribution in [0.3, 0.4) is 0 Å². The summed E-state index contributed by atoms with van der Waals surface area (Å²) in [6.45, 7) is 3.30. The zero-order valence-corrected chi connectivity index (χ0v) is 7.44. The van der Waals surface area contributed by atoms with E-state index in [1.54, 1.807) is 13.8 Å². The van der Waals surface area contributed by atoms with Gasteiger partial charge in [0.15, 0.2) is 0 Å². The fraction of sp³-hybridized carbons (Fsp3) is 0.500. The first-order chi connectivity index (χ1) is 6.02. The predicted octanol–water partition coefficient (Wildman–Crippen LogP) is 0.800. The van der Waals surface area contributed by atoms with Gasteiger partial charge in [-0.1, -0.05) is 5.16 Å². The summed E-state index contributed by atoms with van der Waals surface area (Å²) < 4.78 is 4.80. The van der Waals surface area contributed by atoms with Gasteiger partial charge < -0.3 is 14.7 Å². The summed E-state index contributed by atoms with van der Waals surface area (Å²) in [6.07, 6.45) is -1.37. The van der Waals surface area contributed by atoms with Crippen molar-refractivity contribution in [1.82, 2.24) is 5.16 Å². The maximum absolute atomic E-state index is 10.3. The van der Waals surface area contributed by atoms with Crippen LogP contribution in [0.4, 0.5) is 0 Å². The van der Waals surface area contributed by atoms with E-state index in [1.807, 2.05) is 0 Å². The maximum atomic E-state index is 10.3. The van der Waals surface area contributed by atoms with Gasteiger partial charge in [0.25, 0.3) is 0 Å². The Kier molecular flexibility index (Phi) is 2.67. The third kappa shape index (κ3) is 2.06. The molecule has 0 aromatic carbocycles. The monoisotopic (exact) mass is 185 g/mol. The maximum Gasteiger partial charge on any atom is 0.306 e. The summed E-state index contributed by atoms with van der Waals surface area (Å²) in [5.41, 5.74) is 1.01. The number of aliphatic hydroxyl groups is 1. The minimum absolute atomic E-state index is 0.330. The molecular weight excluding hydrogens is 174 g/mol. The predicted molar refractivity (Wildman–Crippen MR) is 43.2 cm³/mol. The Morgan fingerprint density at radius 3 is 2.62 bits per heavy atom. The van der Waals surface area contributed by atoms with E-state index < -0.39 is 12.1 Å². The molecular formula is C8H11NO4. The molecule has 1 unspecified atom stereocenters. The minimum atomic E-state index is -1.05. The molecule has 5 nitrogen and oxygen atoms in total. The van der Waals surface area contributed by atoms with E-state index in [-0.39, 0.29) is 6.42 Å². The summed E-state index contributed by atoms with van der Waals surface area (Å²) in [7, 11) is 0. The van der Waals surface area contributed by atoms with Crippen LogP contribution < -0.4 is 0 Å². The fourth-order valence-electron chi connectivity index (χ4n) is 1.23. The van der Waals surface area contributed by atoms with Gasteiger partial charge in [-0.25, -0.2) is 0 Å². The number of aromatic nitrogens is 1. The quantitative estimate of drug-likeness (QED) is 0.727. The number of aliphatic hydroxyl groups excluding tert-OH is 1. The van der Waals surface area contributed by atoms with Gasteiger partial charge in [-0.3, -0.25) is 4.79 Å². The molecule has 5 heteroatoms. The highest BCUT2D eigenvalue weighted by atomic mass is 16.5. The van der Waals surface area contributed by atoms with Crippen molar-refractivity contribution in [2.75, 3.05) is 0 Å². The summed E-state index contributed by atoms with van der Waals surface area (Å²) in [6, 6.07) is 0. The third-order valence-corrected chi connectivity index (χ3v) is 1.79. The van der Waals surface area contributed by atoms with Crippen molar-refractivity contribution in [2.24, 2.45) is 0 Å². The number of hydrogen-bond donors (Lipinski definition) is 2. The van der Waals surface area contributed by atoms with E-state index >= 15 is 0 Å². The van der Waals surface area contributed by atoms with E-state index in [1.165, 1.54) is 0 Å². The number of carbonyl (C=O) groups is 1. The first-order valence-corrected chi connectivity index (χ1v) is 3.85. The molecule has 72 valence electrons. The number of aryl methyl sites for hydroxylation is 2. The topological polar surface area (TPSA) is 83.6 Å². The summed E-state index contributed by atoms with van der Waals surface area (Å²) >= 11 is 0. The highest BCUT2D eigenvalue weighted by molar-refractivity contribution is 5.67. The second-order valence-electron chi connectivity index (χ2n) is 2.85. The van der Waals surface area contributed by atoms with Crippen LogP contribution in [-0.4, -0.2) is 21.3 Å². The number of carboxylic acid groups (broad SMARTS) is 1. The smallest absolute Gasteiger partial charge is 0.306 e. The molecule has 0 aliphatic rings. The van der Waals surface area contributed by atoms with Crippen LogP contribution in [0.15, 0.2) is 4.52 Å². The number of aliphatic carboxylic acids is 1. The Labute approximate surface area is 75.0 Å². The molecule has 0 spiro atoms. The Morgan fingerprint density at radius 2 is 2.23 bits per heavy atom. The zero-order chi connectivity index (χ0) is 10.0. The van der Waals surface area contributed by atoms with E-state index in [0.717, 1.165) is 0 Å². The van der Waals surface area contributed by atoms with Crippen molar-refractivity contribution in [3.8, 4) is 0 Å². The molecule has 1 aromatic rings. The number of hydrogen-bond acceptors (Lipinski definition) is 4. The molecule has 0 bridgehead atoms. The van der Waals surface area contributed by atoms with Crippen molar-refractivity contribution in [2.45, 2.75) is 26.4 Å². The molecule has 0 saturated heterocycles. The zero-order valence-electron chi connectivity index (χ0n) is 7.44. The van der Waals surface area contributed by atoms with Crippen LogP contribution >= 0.6 is 0 Å². The van der Waals surface area contributed by atoms with Crippen LogP contribution in [0.25, 0.3) is 0 Å². The average molecular weight is 185 g/mol. The highest BCUT2D eigenvalue weighted by Crippen LogP contribution is 2.23. The van der Waals surface area contributed by atoms with Crippen LogP contribution in [0.1, 0.15) is 29.5 Å². The van der Waals surface area contributed by atoms with Crippen molar-refractivity contribution in [3.05, 3.63) is 17.0 Å². The molecule has 2 N–H and O–H groups in total. The highest BCUT2D eigenvalue weighted by Gasteiger charge is 2.20. The molecule has 0 amide bonds. The molecule has 0 saturated carbocycles. The molecule has 1 rings (SSSR count). The van der Waals surface area contributed by atoms with E-state index in [4.69, 9.17) is 9.63 Å². The van der Waals surface area contributed by atoms with Gasteiger partial charge in [0.2, 0.25) is 0 Å². The Bertz CT molecular complexity index is 298. The summed E-state index contributed by atoms with van der Waals surface area (Å²) in [4.78, 5) is 10.3. The van der Waals surface area contributed by atoms with Crippen molar-refractivity contribution in [1.29, 1.82) is 0 Å². The van der Waals surface area contributed by atoms with Gasteiger partial charge in [-0.05, 0) is 13.8 Å². The van der Waals surface area contributed by atoms with Gasteiger partial charge in [-0.2, -0.15) is 0 Å². The number of rotatable bonds is 3. The summed E-state index contributed by atoms with van der Waals surface area (Å²) in [5, 5.41) is 21.5. The molecule has 13 heavy (non-hydrogen) atoms. The lowest BCUT2D eigenvalue weighted by molar-refractivity contribution is -0.139. The molecule has 1 atom stereocenters. The molecule has 1 aromatic heterocycles. The number of nitrogens with zero attached hydrogens (tertiary/aromatic N) is 1.